The minimum absolute atomic E-state index is 0. The maximum absolute atomic E-state index is 11.7. The monoisotopic (exact) mass is 348 g/mol. The van der Waals surface area contributed by atoms with Gasteiger partial charge in [0.15, 0.2) is 5.58 Å². The predicted molar refractivity (Wildman–Crippen MR) is 94.6 cm³/mol. The van der Waals surface area contributed by atoms with Crippen LogP contribution in [0.25, 0.3) is 11.1 Å². The van der Waals surface area contributed by atoms with Crippen LogP contribution in [0.3, 0.4) is 0 Å². The van der Waals surface area contributed by atoms with Crippen LogP contribution in [0.5, 0.6) is 0 Å². The van der Waals surface area contributed by atoms with E-state index < -0.39 is 0 Å². The topological polar surface area (TPSA) is 70.4 Å². The van der Waals surface area contributed by atoms with E-state index in [2.05, 4.69) is 15.6 Å². The average Bonchev–Trinajstić information content (AvgIpc) is 2.82. The zero-order valence-corrected chi connectivity index (χ0v) is 14.5. The fraction of sp³-hybridized carbons (Fsp3) is 0.429. The number of hydrogen-bond donors (Lipinski definition) is 2. The normalized spacial score (nSPS) is 9.77. The van der Waals surface area contributed by atoms with E-state index in [1.165, 1.54) is 0 Å². The Kier molecular flexibility index (Phi) is 8.86. The second-order valence-electron chi connectivity index (χ2n) is 4.83. The lowest BCUT2D eigenvalue weighted by Crippen LogP contribution is -2.15. The van der Waals surface area contributed by atoms with Crippen molar-refractivity contribution in [2.24, 2.45) is 0 Å². The Morgan fingerprint density at radius 1 is 1.32 bits per heavy atom. The van der Waals surface area contributed by atoms with Crippen molar-refractivity contribution in [1.29, 1.82) is 0 Å². The van der Waals surface area contributed by atoms with Crippen LogP contribution in [-0.4, -0.2) is 38.6 Å². The molecule has 2 rings (SSSR count). The lowest BCUT2D eigenvalue weighted by atomic mass is 10.2. The van der Waals surface area contributed by atoms with E-state index in [9.17, 15) is 4.79 Å². The number of amides is 1. The molecular weight excluding hydrogens is 327 g/mol. The molecule has 0 fully saturated rings. The van der Waals surface area contributed by atoms with Gasteiger partial charge in [-0.2, -0.15) is 4.98 Å². The molecule has 0 saturated heterocycles. The number of halogens is 2. The SMILES string of the molecule is CNCCCC(=O)Nc1ccc2oc(N(C)C)nc2c1.Cl.Cl. The molecule has 2 N–H and O–H groups in total. The van der Waals surface area contributed by atoms with Crippen molar-refractivity contribution in [2.75, 3.05) is 37.9 Å². The lowest BCUT2D eigenvalue weighted by molar-refractivity contribution is -0.116. The smallest absolute Gasteiger partial charge is 0.297 e. The Morgan fingerprint density at radius 3 is 2.68 bits per heavy atom. The third-order valence-electron chi connectivity index (χ3n) is 2.87. The summed E-state index contributed by atoms with van der Waals surface area (Å²) >= 11 is 0. The largest absolute Gasteiger partial charge is 0.423 e. The molecular formula is C14H22Cl2N4O2. The molecule has 0 spiro atoms. The highest BCUT2D eigenvalue weighted by Gasteiger charge is 2.09. The van der Waals surface area contributed by atoms with E-state index in [1.807, 2.05) is 39.3 Å². The quantitative estimate of drug-likeness (QED) is 0.785. The highest BCUT2D eigenvalue weighted by atomic mass is 35.5. The van der Waals surface area contributed by atoms with Gasteiger partial charge in [-0.25, -0.2) is 0 Å². The predicted octanol–water partition coefficient (Wildman–Crippen LogP) is 2.68. The molecule has 0 atom stereocenters. The number of nitrogens with one attached hydrogen (secondary N) is 2. The molecule has 0 saturated carbocycles. The molecule has 0 aliphatic rings. The maximum Gasteiger partial charge on any atom is 0.297 e. The summed E-state index contributed by atoms with van der Waals surface area (Å²) in [6.07, 6.45) is 1.32. The third-order valence-corrected chi connectivity index (χ3v) is 2.87. The summed E-state index contributed by atoms with van der Waals surface area (Å²) in [5, 5.41) is 5.89. The first kappa shape index (κ1) is 20.5. The summed E-state index contributed by atoms with van der Waals surface area (Å²) in [7, 11) is 5.61. The Labute approximate surface area is 142 Å². The number of hydrogen-bond acceptors (Lipinski definition) is 5. The van der Waals surface area contributed by atoms with Crippen molar-refractivity contribution in [2.45, 2.75) is 12.8 Å². The van der Waals surface area contributed by atoms with Gasteiger partial charge in [0.05, 0.1) is 0 Å². The first-order valence-corrected chi connectivity index (χ1v) is 6.62. The highest BCUT2D eigenvalue weighted by Crippen LogP contribution is 2.23. The van der Waals surface area contributed by atoms with Crippen molar-refractivity contribution in [1.82, 2.24) is 10.3 Å². The van der Waals surface area contributed by atoms with E-state index in [-0.39, 0.29) is 30.7 Å². The fourth-order valence-electron chi connectivity index (χ4n) is 1.83. The molecule has 6 nitrogen and oxygen atoms in total. The number of oxazole rings is 1. The summed E-state index contributed by atoms with van der Waals surface area (Å²) in [5.41, 5.74) is 2.19. The second kappa shape index (κ2) is 9.50. The van der Waals surface area contributed by atoms with Crippen LogP contribution in [0.4, 0.5) is 11.7 Å². The average molecular weight is 349 g/mol. The Hall–Kier alpha value is -1.50. The van der Waals surface area contributed by atoms with Gasteiger partial charge in [-0.15, -0.1) is 24.8 Å². The Balaban J connectivity index is 0.00000220. The molecule has 8 heteroatoms. The minimum Gasteiger partial charge on any atom is -0.423 e. The van der Waals surface area contributed by atoms with E-state index >= 15 is 0 Å². The molecule has 124 valence electrons. The van der Waals surface area contributed by atoms with Gasteiger partial charge in [-0.1, -0.05) is 0 Å². The number of carbonyl (C=O) groups excluding carboxylic acids is 1. The number of fused-ring (bicyclic) bond motifs is 1. The van der Waals surface area contributed by atoms with E-state index in [1.54, 1.807) is 4.90 Å². The van der Waals surface area contributed by atoms with Crippen LogP contribution in [-0.2, 0) is 4.79 Å². The van der Waals surface area contributed by atoms with E-state index in [0.29, 0.717) is 18.0 Å². The van der Waals surface area contributed by atoms with Crippen LogP contribution < -0.4 is 15.5 Å². The zero-order valence-electron chi connectivity index (χ0n) is 12.9. The second-order valence-corrected chi connectivity index (χ2v) is 4.83. The first-order chi connectivity index (χ1) is 9.60. The molecule has 1 aromatic heterocycles. The summed E-state index contributed by atoms with van der Waals surface area (Å²) in [6.45, 7) is 0.835. The summed E-state index contributed by atoms with van der Waals surface area (Å²) in [6, 6.07) is 6.01. The molecule has 1 heterocycles. The number of anilines is 2. The molecule has 0 aliphatic heterocycles. The lowest BCUT2D eigenvalue weighted by Gasteiger charge is -2.04. The van der Waals surface area contributed by atoms with Crippen molar-refractivity contribution < 1.29 is 9.21 Å². The van der Waals surface area contributed by atoms with Crippen LogP contribution in [0.1, 0.15) is 12.8 Å². The first-order valence-electron chi connectivity index (χ1n) is 6.62. The van der Waals surface area contributed by atoms with Gasteiger partial charge in [0, 0.05) is 26.2 Å². The van der Waals surface area contributed by atoms with Gasteiger partial charge in [0.2, 0.25) is 5.91 Å². The van der Waals surface area contributed by atoms with Crippen LogP contribution in [0.15, 0.2) is 22.6 Å². The van der Waals surface area contributed by atoms with Crippen LogP contribution >= 0.6 is 24.8 Å². The van der Waals surface area contributed by atoms with E-state index in [4.69, 9.17) is 4.42 Å². The van der Waals surface area contributed by atoms with Crippen LogP contribution in [0, 0.1) is 0 Å². The molecule has 0 radical (unpaired) electrons. The number of nitrogens with zero attached hydrogens (tertiary/aromatic N) is 2. The molecule has 0 bridgehead atoms. The molecule has 0 unspecified atom stereocenters. The maximum atomic E-state index is 11.7. The summed E-state index contributed by atoms with van der Waals surface area (Å²) < 4.78 is 5.56. The van der Waals surface area contributed by atoms with Crippen molar-refractivity contribution in [3.05, 3.63) is 18.2 Å². The van der Waals surface area contributed by atoms with Crippen molar-refractivity contribution in [3.63, 3.8) is 0 Å². The van der Waals surface area contributed by atoms with Gasteiger partial charge in [-0.3, -0.25) is 4.79 Å². The van der Waals surface area contributed by atoms with Gasteiger partial charge >= 0.3 is 0 Å². The number of aromatic nitrogens is 1. The summed E-state index contributed by atoms with van der Waals surface area (Å²) in [4.78, 5) is 17.9. The fourth-order valence-corrected chi connectivity index (χ4v) is 1.83. The zero-order chi connectivity index (χ0) is 14.5. The highest BCUT2D eigenvalue weighted by molar-refractivity contribution is 5.92. The molecule has 0 aliphatic carbocycles. The molecule has 1 amide bonds. The molecule has 22 heavy (non-hydrogen) atoms. The Morgan fingerprint density at radius 2 is 2.05 bits per heavy atom. The summed E-state index contributed by atoms with van der Waals surface area (Å²) in [5.74, 6) is 0.0101. The number of benzene rings is 1. The van der Waals surface area contributed by atoms with Crippen LogP contribution in [0.2, 0.25) is 0 Å². The number of carbonyl (C=O) groups is 1. The van der Waals surface area contributed by atoms with Gasteiger partial charge in [-0.05, 0) is 38.2 Å². The van der Waals surface area contributed by atoms with Gasteiger partial charge in [0.25, 0.3) is 6.01 Å². The standard InChI is InChI=1S/C14H20N4O2.2ClH/c1-15-8-4-5-13(19)16-10-6-7-12-11(9-10)17-14(20-12)18(2)3;;/h6-7,9,15H,4-5,8H2,1-3H3,(H,16,19);2*1H. The van der Waals surface area contributed by atoms with Crippen molar-refractivity contribution >= 4 is 53.5 Å². The van der Waals surface area contributed by atoms with E-state index in [0.717, 1.165) is 24.2 Å². The van der Waals surface area contributed by atoms with Gasteiger partial charge in [0.1, 0.15) is 5.52 Å². The minimum atomic E-state index is 0. The Bertz CT molecular complexity index is 602. The molecule has 1 aromatic carbocycles. The number of rotatable bonds is 6. The van der Waals surface area contributed by atoms with Crippen molar-refractivity contribution in [3.8, 4) is 0 Å². The van der Waals surface area contributed by atoms with Gasteiger partial charge < -0.3 is 20.0 Å². The third kappa shape index (κ3) is 5.36. The molecule has 2 aromatic rings.